The summed E-state index contributed by atoms with van der Waals surface area (Å²) in [6.07, 6.45) is 2.63. The highest BCUT2D eigenvalue weighted by molar-refractivity contribution is 5.92. The van der Waals surface area contributed by atoms with Gasteiger partial charge < -0.3 is 5.32 Å². The van der Waals surface area contributed by atoms with Gasteiger partial charge in [0.05, 0.1) is 0 Å². The van der Waals surface area contributed by atoms with E-state index in [4.69, 9.17) is 0 Å². The molecule has 2 nitrogen and oxygen atoms in total. The molecule has 0 spiro atoms. The quantitative estimate of drug-likeness (QED) is 0.801. The smallest absolute Gasteiger partial charge is 0.224 e. The van der Waals surface area contributed by atoms with Gasteiger partial charge in [-0.1, -0.05) is 31.5 Å². The highest BCUT2D eigenvalue weighted by atomic mass is 16.1. The summed E-state index contributed by atoms with van der Waals surface area (Å²) in [6.45, 7) is 6.12. The van der Waals surface area contributed by atoms with E-state index in [0.29, 0.717) is 6.42 Å². The van der Waals surface area contributed by atoms with E-state index < -0.39 is 0 Å². The van der Waals surface area contributed by atoms with E-state index in [0.717, 1.165) is 29.7 Å². The molecule has 0 radical (unpaired) electrons. The third-order valence-electron chi connectivity index (χ3n) is 2.50. The Balaban J connectivity index is 2.68. The van der Waals surface area contributed by atoms with Crippen molar-refractivity contribution in [2.75, 3.05) is 5.32 Å². The molecule has 1 N–H and O–H groups in total. The zero-order valence-corrected chi connectivity index (χ0v) is 9.76. The van der Waals surface area contributed by atoms with Crippen LogP contribution in [0.3, 0.4) is 0 Å². The minimum atomic E-state index is 0.120. The first-order valence-corrected chi connectivity index (χ1v) is 5.51. The SMILES string of the molecule is CCCCC(=O)Nc1c(C)cccc1C. The largest absolute Gasteiger partial charge is 0.326 e. The topological polar surface area (TPSA) is 29.1 Å². The number of hydrogen-bond donors (Lipinski definition) is 1. The monoisotopic (exact) mass is 205 g/mol. The fraction of sp³-hybridized carbons (Fsp3) is 0.462. The Morgan fingerprint density at radius 2 is 1.87 bits per heavy atom. The molecule has 0 aromatic heterocycles. The second kappa shape index (κ2) is 5.54. The van der Waals surface area contributed by atoms with Crippen molar-refractivity contribution in [3.63, 3.8) is 0 Å². The van der Waals surface area contributed by atoms with Crippen LogP contribution in [0.4, 0.5) is 5.69 Å². The van der Waals surface area contributed by atoms with E-state index in [9.17, 15) is 4.79 Å². The van der Waals surface area contributed by atoms with Gasteiger partial charge in [0.2, 0.25) is 5.91 Å². The summed E-state index contributed by atoms with van der Waals surface area (Å²) in [5, 5.41) is 2.97. The molecule has 1 aromatic rings. The van der Waals surface area contributed by atoms with Gasteiger partial charge >= 0.3 is 0 Å². The van der Waals surface area contributed by atoms with E-state index in [1.54, 1.807) is 0 Å². The molecule has 1 rings (SSSR count). The lowest BCUT2D eigenvalue weighted by molar-refractivity contribution is -0.116. The number of rotatable bonds is 4. The van der Waals surface area contributed by atoms with Crippen LogP contribution in [0.5, 0.6) is 0 Å². The lowest BCUT2D eigenvalue weighted by atomic mass is 10.1. The summed E-state index contributed by atoms with van der Waals surface area (Å²) < 4.78 is 0. The van der Waals surface area contributed by atoms with Crippen LogP contribution in [-0.2, 0) is 4.79 Å². The predicted octanol–water partition coefficient (Wildman–Crippen LogP) is 3.43. The number of nitrogens with one attached hydrogen (secondary N) is 1. The summed E-state index contributed by atoms with van der Waals surface area (Å²) >= 11 is 0. The Hall–Kier alpha value is -1.31. The van der Waals surface area contributed by atoms with Gasteiger partial charge in [-0.05, 0) is 31.4 Å². The summed E-state index contributed by atoms with van der Waals surface area (Å²) in [5.74, 6) is 0.120. The van der Waals surface area contributed by atoms with Crippen LogP contribution in [0.25, 0.3) is 0 Å². The zero-order chi connectivity index (χ0) is 11.3. The maximum atomic E-state index is 11.6. The van der Waals surface area contributed by atoms with Crippen LogP contribution >= 0.6 is 0 Å². The maximum absolute atomic E-state index is 11.6. The molecule has 0 atom stereocenters. The number of aryl methyl sites for hydroxylation is 2. The van der Waals surface area contributed by atoms with Crippen molar-refractivity contribution in [1.82, 2.24) is 0 Å². The average Bonchev–Trinajstić information content (AvgIpc) is 2.21. The Morgan fingerprint density at radius 1 is 1.27 bits per heavy atom. The highest BCUT2D eigenvalue weighted by Gasteiger charge is 2.05. The molecular weight excluding hydrogens is 186 g/mol. The standard InChI is InChI=1S/C13H19NO/c1-4-5-9-12(15)14-13-10(2)7-6-8-11(13)3/h6-8H,4-5,9H2,1-3H3,(H,14,15). The van der Waals surface area contributed by atoms with Crippen LogP contribution in [0.1, 0.15) is 37.3 Å². The number of hydrogen-bond acceptors (Lipinski definition) is 1. The van der Waals surface area contributed by atoms with Crippen LogP contribution < -0.4 is 5.32 Å². The molecule has 0 aliphatic rings. The molecule has 0 bridgehead atoms. The van der Waals surface area contributed by atoms with Gasteiger partial charge in [-0.15, -0.1) is 0 Å². The molecule has 0 saturated carbocycles. The molecule has 82 valence electrons. The van der Waals surface area contributed by atoms with Gasteiger partial charge in [0.15, 0.2) is 0 Å². The van der Waals surface area contributed by atoms with Gasteiger partial charge in [0.25, 0.3) is 0 Å². The van der Waals surface area contributed by atoms with Crippen LogP contribution in [0.2, 0.25) is 0 Å². The van der Waals surface area contributed by atoms with E-state index >= 15 is 0 Å². The van der Waals surface area contributed by atoms with Crippen molar-refractivity contribution in [1.29, 1.82) is 0 Å². The third-order valence-corrected chi connectivity index (χ3v) is 2.50. The molecule has 0 heterocycles. The van der Waals surface area contributed by atoms with Crippen LogP contribution in [0.15, 0.2) is 18.2 Å². The van der Waals surface area contributed by atoms with Crippen molar-refractivity contribution in [3.8, 4) is 0 Å². The van der Waals surface area contributed by atoms with Gasteiger partial charge in [-0.25, -0.2) is 0 Å². The molecule has 2 heteroatoms. The van der Waals surface area contributed by atoms with Gasteiger partial charge in [-0.2, -0.15) is 0 Å². The minimum Gasteiger partial charge on any atom is -0.326 e. The number of benzene rings is 1. The van der Waals surface area contributed by atoms with Gasteiger partial charge in [0.1, 0.15) is 0 Å². The van der Waals surface area contributed by atoms with Crippen molar-refractivity contribution in [3.05, 3.63) is 29.3 Å². The number of amides is 1. The third kappa shape index (κ3) is 3.39. The second-order valence-corrected chi connectivity index (χ2v) is 3.92. The van der Waals surface area contributed by atoms with E-state index in [1.807, 2.05) is 32.0 Å². The molecule has 1 amide bonds. The summed E-state index contributed by atoms with van der Waals surface area (Å²) in [4.78, 5) is 11.6. The molecule has 0 saturated heterocycles. The first-order chi connectivity index (χ1) is 7.15. The Morgan fingerprint density at radius 3 is 2.40 bits per heavy atom. The summed E-state index contributed by atoms with van der Waals surface area (Å²) in [5.41, 5.74) is 3.22. The number of anilines is 1. The lowest BCUT2D eigenvalue weighted by Gasteiger charge is -2.10. The molecule has 0 unspecified atom stereocenters. The Labute approximate surface area is 91.7 Å². The van der Waals surface area contributed by atoms with Crippen molar-refractivity contribution in [2.24, 2.45) is 0 Å². The van der Waals surface area contributed by atoms with Crippen molar-refractivity contribution in [2.45, 2.75) is 40.0 Å². The number of carbonyl (C=O) groups is 1. The summed E-state index contributed by atoms with van der Waals surface area (Å²) in [6, 6.07) is 6.04. The maximum Gasteiger partial charge on any atom is 0.224 e. The predicted molar refractivity (Wildman–Crippen MR) is 64.1 cm³/mol. The van der Waals surface area contributed by atoms with Crippen LogP contribution in [-0.4, -0.2) is 5.91 Å². The fourth-order valence-corrected chi connectivity index (χ4v) is 1.55. The first-order valence-electron chi connectivity index (χ1n) is 5.51. The number of para-hydroxylation sites is 1. The van der Waals surface area contributed by atoms with E-state index in [1.165, 1.54) is 0 Å². The Bertz CT molecular complexity index is 324. The Kier molecular flexibility index (Phi) is 4.35. The molecule has 0 fully saturated rings. The molecule has 15 heavy (non-hydrogen) atoms. The van der Waals surface area contributed by atoms with Crippen molar-refractivity contribution < 1.29 is 4.79 Å². The molecule has 0 aliphatic heterocycles. The first kappa shape index (κ1) is 11.8. The van der Waals surface area contributed by atoms with Crippen LogP contribution in [0, 0.1) is 13.8 Å². The lowest BCUT2D eigenvalue weighted by Crippen LogP contribution is -2.12. The van der Waals surface area contributed by atoms with E-state index in [2.05, 4.69) is 12.2 Å². The zero-order valence-electron chi connectivity index (χ0n) is 9.76. The summed E-state index contributed by atoms with van der Waals surface area (Å²) in [7, 11) is 0. The van der Waals surface area contributed by atoms with Gasteiger partial charge in [-0.3, -0.25) is 4.79 Å². The van der Waals surface area contributed by atoms with Gasteiger partial charge in [0, 0.05) is 12.1 Å². The average molecular weight is 205 g/mol. The van der Waals surface area contributed by atoms with Crippen molar-refractivity contribution >= 4 is 11.6 Å². The highest BCUT2D eigenvalue weighted by Crippen LogP contribution is 2.19. The minimum absolute atomic E-state index is 0.120. The number of carbonyl (C=O) groups excluding carboxylic acids is 1. The normalized spacial score (nSPS) is 10.1. The molecule has 1 aromatic carbocycles. The molecule has 0 aliphatic carbocycles. The molecular formula is C13H19NO. The second-order valence-electron chi connectivity index (χ2n) is 3.92. The number of unbranched alkanes of at least 4 members (excludes halogenated alkanes) is 1. The van der Waals surface area contributed by atoms with E-state index in [-0.39, 0.29) is 5.91 Å². The fourth-order valence-electron chi connectivity index (χ4n) is 1.55.